The zero-order valence-electron chi connectivity index (χ0n) is 11.1. The Morgan fingerprint density at radius 3 is 2.80 bits per heavy atom. The molecule has 0 aromatic carbocycles. The van der Waals surface area contributed by atoms with E-state index in [4.69, 9.17) is 5.11 Å². The Labute approximate surface area is 115 Å². The first-order valence-electron chi connectivity index (χ1n) is 5.94. The SMILES string of the molecule is Cc1c(C(=O)NCc2cc(C(=O)O)ccn2)cnn1C. The van der Waals surface area contributed by atoms with Gasteiger partial charge in [0.2, 0.25) is 0 Å². The number of carboxylic acids is 1. The molecule has 2 aromatic rings. The van der Waals surface area contributed by atoms with Crippen LogP contribution in [0.5, 0.6) is 0 Å². The third kappa shape index (κ3) is 2.82. The monoisotopic (exact) mass is 274 g/mol. The molecular formula is C13H14N4O3. The van der Waals surface area contributed by atoms with Crippen molar-refractivity contribution in [1.82, 2.24) is 20.1 Å². The minimum absolute atomic E-state index is 0.141. The van der Waals surface area contributed by atoms with E-state index in [-0.39, 0.29) is 18.0 Å². The molecule has 0 unspecified atom stereocenters. The first-order chi connectivity index (χ1) is 9.49. The summed E-state index contributed by atoms with van der Waals surface area (Å²) < 4.78 is 1.61. The number of nitrogens with one attached hydrogen (secondary N) is 1. The fourth-order valence-corrected chi connectivity index (χ4v) is 1.70. The normalized spacial score (nSPS) is 10.3. The van der Waals surface area contributed by atoms with Crippen LogP contribution < -0.4 is 5.32 Å². The Kier molecular flexibility index (Phi) is 3.79. The molecule has 2 rings (SSSR count). The predicted molar refractivity (Wildman–Crippen MR) is 70.3 cm³/mol. The third-order valence-corrected chi connectivity index (χ3v) is 2.97. The molecular weight excluding hydrogens is 260 g/mol. The van der Waals surface area contributed by atoms with Crippen LogP contribution in [0.25, 0.3) is 0 Å². The zero-order chi connectivity index (χ0) is 14.7. The summed E-state index contributed by atoms with van der Waals surface area (Å²) in [5.74, 6) is -1.29. The van der Waals surface area contributed by atoms with Crippen molar-refractivity contribution >= 4 is 11.9 Å². The Morgan fingerprint density at radius 1 is 1.45 bits per heavy atom. The zero-order valence-corrected chi connectivity index (χ0v) is 11.1. The molecule has 0 radical (unpaired) electrons. The standard InChI is InChI=1S/C13H14N4O3/c1-8-11(7-16-17(8)2)12(18)15-6-10-5-9(13(19)20)3-4-14-10/h3-5,7H,6H2,1-2H3,(H,15,18)(H,19,20). The quantitative estimate of drug-likeness (QED) is 0.857. The Balaban J connectivity index is 2.05. The minimum Gasteiger partial charge on any atom is -0.478 e. The van der Waals surface area contributed by atoms with Crippen LogP contribution >= 0.6 is 0 Å². The summed E-state index contributed by atoms with van der Waals surface area (Å²) in [5, 5.41) is 15.6. The van der Waals surface area contributed by atoms with Crippen molar-refractivity contribution in [2.75, 3.05) is 0 Å². The summed E-state index contributed by atoms with van der Waals surface area (Å²) >= 11 is 0. The van der Waals surface area contributed by atoms with Gasteiger partial charge in [0.05, 0.1) is 29.6 Å². The highest BCUT2D eigenvalue weighted by molar-refractivity contribution is 5.95. The van der Waals surface area contributed by atoms with Crippen molar-refractivity contribution in [2.45, 2.75) is 13.5 Å². The van der Waals surface area contributed by atoms with E-state index < -0.39 is 5.97 Å². The molecule has 20 heavy (non-hydrogen) atoms. The second-order valence-electron chi connectivity index (χ2n) is 4.29. The average Bonchev–Trinajstić information content (AvgIpc) is 2.77. The molecule has 1 amide bonds. The van der Waals surface area contributed by atoms with Gasteiger partial charge in [0.15, 0.2) is 0 Å². The summed E-state index contributed by atoms with van der Waals surface area (Å²) in [7, 11) is 1.75. The molecule has 2 aromatic heterocycles. The number of carbonyl (C=O) groups is 2. The van der Waals surface area contributed by atoms with Crippen LogP contribution in [0.2, 0.25) is 0 Å². The van der Waals surface area contributed by atoms with Crippen molar-refractivity contribution in [3.8, 4) is 0 Å². The van der Waals surface area contributed by atoms with Crippen LogP contribution in [-0.2, 0) is 13.6 Å². The molecule has 0 aliphatic rings. The van der Waals surface area contributed by atoms with Gasteiger partial charge in [-0.25, -0.2) is 4.79 Å². The van der Waals surface area contributed by atoms with Gasteiger partial charge in [-0.15, -0.1) is 0 Å². The Hall–Kier alpha value is -2.70. The summed E-state index contributed by atoms with van der Waals surface area (Å²) in [6.45, 7) is 1.96. The second kappa shape index (κ2) is 5.52. The number of nitrogens with zero attached hydrogens (tertiary/aromatic N) is 3. The largest absolute Gasteiger partial charge is 0.478 e. The lowest BCUT2D eigenvalue weighted by Gasteiger charge is -2.05. The molecule has 0 aliphatic carbocycles. The molecule has 7 nitrogen and oxygen atoms in total. The number of amides is 1. The van der Waals surface area contributed by atoms with Crippen LogP contribution in [0.15, 0.2) is 24.5 Å². The maximum atomic E-state index is 12.0. The lowest BCUT2D eigenvalue weighted by molar-refractivity contribution is 0.0696. The molecule has 0 bridgehead atoms. The topological polar surface area (TPSA) is 97.1 Å². The number of rotatable bonds is 4. The number of hydrogen-bond donors (Lipinski definition) is 2. The second-order valence-corrected chi connectivity index (χ2v) is 4.29. The number of pyridine rings is 1. The van der Waals surface area contributed by atoms with Gasteiger partial charge < -0.3 is 10.4 Å². The van der Waals surface area contributed by atoms with E-state index >= 15 is 0 Å². The maximum absolute atomic E-state index is 12.0. The van der Waals surface area contributed by atoms with Gasteiger partial charge in [0, 0.05) is 18.9 Å². The summed E-state index contributed by atoms with van der Waals surface area (Å²) in [4.78, 5) is 26.8. The highest BCUT2D eigenvalue weighted by Gasteiger charge is 2.12. The Morgan fingerprint density at radius 2 is 2.20 bits per heavy atom. The van der Waals surface area contributed by atoms with E-state index in [1.165, 1.54) is 24.5 Å². The molecule has 7 heteroatoms. The van der Waals surface area contributed by atoms with Crippen molar-refractivity contribution in [1.29, 1.82) is 0 Å². The van der Waals surface area contributed by atoms with Gasteiger partial charge in [-0.3, -0.25) is 14.5 Å². The van der Waals surface area contributed by atoms with Crippen LogP contribution in [0, 0.1) is 6.92 Å². The first kappa shape index (κ1) is 13.7. The molecule has 2 N–H and O–H groups in total. The van der Waals surface area contributed by atoms with Gasteiger partial charge in [0.25, 0.3) is 5.91 Å². The molecule has 0 fully saturated rings. The fraction of sp³-hybridized carbons (Fsp3) is 0.231. The van der Waals surface area contributed by atoms with Gasteiger partial charge in [-0.1, -0.05) is 0 Å². The van der Waals surface area contributed by atoms with Gasteiger partial charge >= 0.3 is 5.97 Å². The lowest BCUT2D eigenvalue weighted by atomic mass is 10.2. The lowest BCUT2D eigenvalue weighted by Crippen LogP contribution is -2.24. The van der Waals surface area contributed by atoms with E-state index in [9.17, 15) is 9.59 Å². The van der Waals surface area contributed by atoms with Crippen molar-refractivity contribution < 1.29 is 14.7 Å². The van der Waals surface area contributed by atoms with Crippen molar-refractivity contribution in [3.05, 3.63) is 47.0 Å². The maximum Gasteiger partial charge on any atom is 0.335 e. The first-order valence-corrected chi connectivity index (χ1v) is 5.94. The van der Waals surface area contributed by atoms with Crippen LogP contribution in [0.1, 0.15) is 32.1 Å². The van der Waals surface area contributed by atoms with E-state index in [1.54, 1.807) is 18.7 Å². The fourth-order valence-electron chi connectivity index (χ4n) is 1.70. The Bertz CT molecular complexity index is 663. The smallest absolute Gasteiger partial charge is 0.335 e. The number of hydrogen-bond acceptors (Lipinski definition) is 4. The van der Waals surface area contributed by atoms with Gasteiger partial charge in [-0.05, 0) is 19.1 Å². The van der Waals surface area contributed by atoms with E-state index in [2.05, 4.69) is 15.4 Å². The number of aryl methyl sites for hydroxylation is 1. The van der Waals surface area contributed by atoms with Crippen molar-refractivity contribution in [2.24, 2.45) is 7.05 Å². The molecule has 104 valence electrons. The van der Waals surface area contributed by atoms with Crippen LogP contribution in [0.4, 0.5) is 0 Å². The predicted octanol–water partition coefficient (Wildman–Crippen LogP) is 0.752. The van der Waals surface area contributed by atoms with Gasteiger partial charge in [0.1, 0.15) is 0 Å². The van der Waals surface area contributed by atoms with E-state index in [1.807, 2.05) is 0 Å². The molecule has 0 spiro atoms. The number of aromatic carboxylic acids is 1. The minimum atomic E-state index is -1.02. The average molecular weight is 274 g/mol. The van der Waals surface area contributed by atoms with Crippen LogP contribution in [-0.4, -0.2) is 31.7 Å². The van der Waals surface area contributed by atoms with Gasteiger partial charge in [-0.2, -0.15) is 5.10 Å². The van der Waals surface area contributed by atoms with E-state index in [0.717, 1.165) is 5.69 Å². The molecule has 0 aliphatic heterocycles. The van der Waals surface area contributed by atoms with Crippen LogP contribution in [0.3, 0.4) is 0 Å². The highest BCUT2D eigenvalue weighted by Crippen LogP contribution is 2.06. The molecule has 0 saturated heterocycles. The highest BCUT2D eigenvalue weighted by atomic mass is 16.4. The number of carboxylic acid groups (broad SMARTS) is 1. The number of carbonyl (C=O) groups excluding carboxylic acids is 1. The molecule has 2 heterocycles. The summed E-state index contributed by atoms with van der Waals surface area (Å²) in [5.41, 5.74) is 1.87. The van der Waals surface area contributed by atoms with E-state index in [0.29, 0.717) is 11.3 Å². The molecule has 0 atom stereocenters. The number of aromatic nitrogens is 3. The third-order valence-electron chi connectivity index (χ3n) is 2.97. The molecule has 0 saturated carbocycles. The summed E-state index contributed by atoms with van der Waals surface area (Å²) in [6, 6.07) is 2.83. The summed E-state index contributed by atoms with van der Waals surface area (Å²) in [6.07, 6.45) is 2.89. The van der Waals surface area contributed by atoms with Crippen molar-refractivity contribution in [3.63, 3.8) is 0 Å².